The van der Waals surface area contributed by atoms with E-state index in [0.717, 1.165) is 12.8 Å². The number of benzene rings is 1. The van der Waals surface area contributed by atoms with Crippen LogP contribution in [0.4, 0.5) is 0 Å². The Kier molecular flexibility index (Phi) is 5.42. The molecule has 120 valence electrons. The molecule has 0 aliphatic carbocycles. The van der Waals surface area contributed by atoms with Crippen molar-refractivity contribution < 1.29 is 18.0 Å². The van der Waals surface area contributed by atoms with Crippen LogP contribution in [-0.2, 0) is 19.4 Å². The van der Waals surface area contributed by atoms with Gasteiger partial charge in [-0.1, -0.05) is 11.6 Å². The standard InChI is InChI=1S/C14H17ClN2O4S/c15-10-4-6-11(7-5-10)22(20,21)9-13(18)17-12-3-1-2-8-16-14(12)19/h4-7,12H,1-3,8-9H2,(H,16,19)(H,17,18)/t12-/m0/s1. The number of halogens is 1. The van der Waals surface area contributed by atoms with Crippen molar-refractivity contribution in [3.05, 3.63) is 29.3 Å². The van der Waals surface area contributed by atoms with Crippen molar-refractivity contribution in [3.63, 3.8) is 0 Å². The first-order chi connectivity index (χ1) is 10.4. The summed E-state index contributed by atoms with van der Waals surface area (Å²) in [5.74, 6) is -1.65. The highest BCUT2D eigenvalue weighted by molar-refractivity contribution is 7.92. The SMILES string of the molecule is O=C(CS(=O)(=O)c1ccc(Cl)cc1)N[C@H]1CCCCNC1=O. The number of nitrogens with one attached hydrogen (secondary N) is 2. The highest BCUT2D eigenvalue weighted by atomic mass is 35.5. The van der Waals surface area contributed by atoms with Gasteiger partial charge in [-0.2, -0.15) is 0 Å². The van der Waals surface area contributed by atoms with Gasteiger partial charge in [0, 0.05) is 11.6 Å². The Morgan fingerprint density at radius 2 is 1.95 bits per heavy atom. The molecule has 0 saturated carbocycles. The van der Waals surface area contributed by atoms with E-state index >= 15 is 0 Å². The van der Waals surface area contributed by atoms with Crippen molar-refractivity contribution in [3.8, 4) is 0 Å². The van der Waals surface area contributed by atoms with E-state index in [0.29, 0.717) is 18.0 Å². The summed E-state index contributed by atoms with van der Waals surface area (Å²) in [6, 6.07) is 4.93. The molecule has 0 radical (unpaired) electrons. The quantitative estimate of drug-likeness (QED) is 0.848. The molecule has 1 aliphatic heterocycles. The molecule has 1 fully saturated rings. The highest BCUT2D eigenvalue weighted by Crippen LogP contribution is 2.15. The molecule has 1 atom stereocenters. The fraction of sp³-hybridized carbons (Fsp3) is 0.429. The lowest BCUT2D eigenvalue weighted by atomic mass is 10.1. The number of carbonyl (C=O) groups is 2. The van der Waals surface area contributed by atoms with Crippen LogP contribution in [0.25, 0.3) is 0 Å². The van der Waals surface area contributed by atoms with Crippen LogP contribution in [0, 0.1) is 0 Å². The van der Waals surface area contributed by atoms with Gasteiger partial charge >= 0.3 is 0 Å². The van der Waals surface area contributed by atoms with Gasteiger partial charge in [-0.3, -0.25) is 9.59 Å². The van der Waals surface area contributed by atoms with Crippen molar-refractivity contribution in [1.82, 2.24) is 10.6 Å². The molecule has 1 aliphatic rings. The van der Waals surface area contributed by atoms with Crippen LogP contribution in [0.3, 0.4) is 0 Å². The predicted octanol–water partition coefficient (Wildman–Crippen LogP) is 0.899. The van der Waals surface area contributed by atoms with E-state index in [9.17, 15) is 18.0 Å². The molecular weight excluding hydrogens is 328 g/mol. The average Bonchev–Trinajstić information content (AvgIpc) is 2.64. The number of hydrogen-bond acceptors (Lipinski definition) is 4. The molecule has 2 N–H and O–H groups in total. The first-order valence-corrected chi connectivity index (χ1v) is 8.97. The Hall–Kier alpha value is -1.60. The maximum absolute atomic E-state index is 12.1. The molecule has 0 unspecified atom stereocenters. The third-order valence-corrected chi connectivity index (χ3v) is 5.25. The second-order valence-electron chi connectivity index (χ2n) is 5.12. The van der Waals surface area contributed by atoms with E-state index in [4.69, 9.17) is 11.6 Å². The number of hydrogen-bond donors (Lipinski definition) is 2. The molecule has 1 saturated heterocycles. The maximum Gasteiger partial charge on any atom is 0.242 e. The zero-order valence-corrected chi connectivity index (χ0v) is 13.4. The molecular formula is C14H17ClN2O4S. The van der Waals surface area contributed by atoms with Crippen LogP contribution in [0.15, 0.2) is 29.2 Å². The Labute approximate surface area is 134 Å². The Morgan fingerprint density at radius 3 is 2.64 bits per heavy atom. The summed E-state index contributed by atoms with van der Waals surface area (Å²) in [6.07, 6.45) is 2.16. The minimum absolute atomic E-state index is 0.0253. The molecule has 1 aromatic carbocycles. The average molecular weight is 345 g/mol. The van der Waals surface area contributed by atoms with Crippen molar-refractivity contribution in [2.45, 2.75) is 30.2 Å². The van der Waals surface area contributed by atoms with E-state index in [1.807, 2.05) is 0 Å². The summed E-state index contributed by atoms with van der Waals surface area (Å²) < 4.78 is 24.3. The van der Waals surface area contributed by atoms with E-state index < -0.39 is 27.5 Å². The zero-order valence-electron chi connectivity index (χ0n) is 11.8. The van der Waals surface area contributed by atoms with Gasteiger partial charge in [0.05, 0.1) is 4.90 Å². The summed E-state index contributed by atoms with van der Waals surface area (Å²) in [5.41, 5.74) is 0. The van der Waals surface area contributed by atoms with Gasteiger partial charge in [0.15, 0.2) is 9.84 Å². The van der Waals surface area contributed by atoms with Gasteiger partial charge < -0.3 is 10.6 Å². The topological polar surface area (TPSA) is 92.3 Å². The molecule has 8 heteroatoms. The van der Waals surface area contributed by atoms with Gasteiger partial charge in [0.2, 0.25) is 11.8 Å². The molecule has 2 rings (SSSR count). The summed E-state index contributed by atoms with van der Waals surface area (Å²) in [7, 11) is -3.76. The lowest BCUT2D eigenvalue weighted by Crippen LogP contribution is -2.47. The minimum atomic E-state index is -3.76. The molecule has 6 nitrogen and oxygen atoms in total. The summed E-state index contributed by atoms with van der Waals surface area (Å²) in [4.78, 5) is 23.7. The Bertz CT molecular complexity index is 658. The maximum atomic E-state index is 12.1. The molecule has 1 heterocycles. The second-order valence-corrected chi connectivity index (χ2v) is 7.55. The number of amides is 2. The molecule has 22 heavy (non-hydrogen) atoms. The van der Waals surface area contributed by atoms with E-state index in [1.54, 1.807) is 0 Å². The fourth-order valence-electron chi connectivity index (χ4n) is 2.21. The largest absolute Gasteiger partial charge is 0.354 e. The van der Waals surface area contributed by atoms with Crippen LogP contribution in [0.2, 0.25) is 5.02 Å². The monoisotopic (exact) mass is 344 g/mol. The highest BCUT2D eigenvalue weighted by Gasteiger charge is 2.25. The first-order valence-electron chi connectivity index (χ1n) is 6.94. The van der Waals surface area contributed by atoms with Crippen LogP contribution in [0.1, 0.15) is 19.3 Å². The zero-order chi connectivity index (χ0) is 16.2. The number of carbonyl (C=O) groups excluding carboxylic acids is 2. The minimum Gasteiger partial charge on any atom is -0.354 e. The van der Waals surface area contributed by atoms with Crippen LogP contribution in [-0.4, -0.2) is 38.6 Å². The van der Waals surface area contributed by atoms with Gasteiger partial charge in [-0.25, -0.2) is 8.42 Å². The van der Waals surface area contributed by atoms with Crippen molar-refractivity contribution >= 4 is 33.3 Å². The van der Waals surface area contributed by atoms with Crippen molar-refractivity contribution in [1.29, 1.82) is 0 Å². The first kappa shape index (κ1) is 16.8. The van der Waals surface area contributed by atoms with E-state index in [1.165, 1.54) is 24.3 Å². The lowest BCUT2D eigenvalue weighted by molar-refractivity contribution is -0.127. The van der Waals surface area contributed by atoms with Gasteiger partial charge in [0.25, 0.3) is 0 Å². The Balaban J connectivity index is 2.01. The number of rotatable bonds is 4. The second kappa shape index (κ2) is 7.11. The molecule has 2 amide bonds. The third kappa shape index (κ3) is 4.45. The van der Waals surface area contributed by atoms with E-state index in [2.05, 4.69) is 10.6 Å². The van der Waals surface area contributed by atoms with Crippen molar-refractivity contribution in [2.75, 3.05) is 12.3 Å². The summed E-state index contributed by atoms with van der Waals surface area (Å²) >= 11 is 5.71. The van der Waals surface area contributed by atoms with Gasteiger partial charge in [0.1, 0.15) is 11.8 Å². The van der Waals surface area contributed by atoms with Crippen molar-refractivity contribution in [2.24, 2.45) is 0 Å². The van der Waals surface area contributed by atoms with Gasteiger partial charge in [-0.05, 0) is 43.5 Å². The Morgan fingerprint density at radius 1 is 1.27 bits per heavy atom. The number of sulfone groups is 1. The fourth-order valence-corrected chi connectivity index (χ4v) is 3.48. The van der Waals surface area contributed by atoms with E-state index in [-0.39, 0.29) is 10.8 Å². The molecule has 1 aromatic rings. The predicted molar refractivity (Wildman–Crippen MR) is 82.3 cm³/mol. The normalized spacial score (nSPS) is 19.1. The van der Waals surface area contributed by atoms with Crippen LogP contribution >= 0.6 is 11.6 Å². The van der Waals surface area contributed by atoms with Gasteiger partial charge in [-0.15, -0.1) is 0 Å². The third-order valence-electron chi connectivity index (χ3n) is 3.36. The summed E-state index contributed by atoms with van der Waals surface area (Å²) in [6.45, 7) is 0.578. The smallest absolute Gasteiger partial charge is 0.242 e. The summed E-state index contributed by atoms with van der Waals surface area (Å²) in [5, 5.41) is 5.59. The molecule has 0 bridgehead atoms. The lowest BCUT2D eigenvalue weighted by Gasteiger charge is -2.15. The molecule has 0 spiro atoms. The van der Waals surface area contributed by atoms with Crippen LogP contribution in [0.5, 0.6) is 0 Å². The van der Waals surface area contributed by atoms with Crippen LogP contribution < -0.4 is 10.6 Å². The molecule has 0 aromatic heterocycles.